The minimum atomic E-state index is -0.915. The Hall–Kier alpha value is -1.34. The highest BCUT2D eigenvalue weighted by Crippen LogP contribution is 2.20. The number of carboxylic acids is 1. The molecule has 0 radical (unpaired) electrons. The largest absolute Gasteiger partial charge is 0.496 e. The van der Waals surface area contributed by atoms with Crippen molar-refractivity contribution >= 4 is 19.9 Å². The highest BCUT2D eigenvalue weighted by atomic mass is 31.1. The second-order valence-electron chi connectivity index (χ2n) is 2.89. The average Bonchev–Trinajstić information content (AvgIpc) is 2.25. The zero-order valence-electron chi connectivity index (χ0n) is 8.49. The molecule has 0 aliphatic carbocycles. The average molecular weight is 224 g/mol. The first-order chi connectivity index (χ1) is 7.19. The summed E-state index contributed by atoms with van der Waals surface area (Å²) >= 11 is 0. The number of allylic oxidation sites excluding steroid dienone is 1. The van der Waals surface area contributed by atoms with E-state index in [4.69, 9.17) is 9.84 Å². The molecule has 1 aromatic carbocycles. The molecule has 0 amide bonds. The van der Waals surface area contributed by atoms with Crippen LogP contribution in [0, 0.1) is 0 Å². The van der Waals surface area contributed by atoms with E-state index in [2.05, 4.69) is 6.58 Å². The number of hydrogen-bond acceptors (Lipinski definition) is 2. The van der Waals surface area contributed by atoms with E-state index < -0.39 is 5.97 Å². The fourth-order valence-corrected chi connectivity index (χ4v) is 2.14. The van der Waals surface area contributed by atoms with E-state index in [0.717, 1.165) is 17.2 Å². The van der Waals surface area contributed by atoms with Gasteiger partial charge >= 0.3 is 5.97 Å². The van der Waals surface area contributed by atoms with Crippen molar-refractivity contribution in [2.45, 2.75) is 0 Å². The van der Waals surface area contributed by atoms with Crippen LogP contribution in [-0.2, 0) is 0 Å². The van der Waals surface area contributed by atoms with Crippen molar-refractivity contribution in [1.82, 2.24) is 0 Å². The molecule has 4 heteroatoms. The summed E-state index contributed by atoms with van der Waals surface area (Å²) < 4.78 is 5.16. The molecule has 0 aliphatic heterocycles. The number of carboxylic acid groups (broad SMARTS) is 1. The van der Waals surface area contributed by atoms with Gasteiger partial charge in [0.2, 0.25) is 0 Å². The van der Waals surface area contributed by atoms with Gasteiger partial charge in [0.25, 0.3) is 0 Å². The molecule has 0 aromatic heterocycles. The van der Waals surface area contributed by atoms with Gasteiger partial charge in [0, 0.05) is 5.30 Å². The molecule has 0 fully saturated rings. The molecule has 1 rings (SSSR count). The van der Waals surface area contributed by atoms with Gasteiger partial charge in [0.1, 0.15) is 5.75 Å². The molecule has 0 saturated heterocycles. The topological polar surface area (TPSA) is 46.5 Å². The standard InChI is InChI=1S/C11H13O3P/c1-3-6-15-10-7-8(11(12)13)4-5-9(10)14-2/h3-5,7,15H,1,6H2,2H3,(H,12,13). The minimum absolute atomic E-state index is 0.294. The van der Waals surface area contributed by atoms with Crippen molar-refractivity contribution in [1.29, 1.82) is 0 Å². The van der Waals surface area contributed by atoms with E-state index in [1.165, 1.54) is 0 Å². The van der Waals surface area contributed by atoms with Gasteiger partial charge in [-0.15, -0.1) is 6.58 Å². The van der Waals surface area contributed by atoms with Crippen molar-refractivity contribution in [3.63, 3.8) is 0 Å². The molecule has 0 saturated carbocycles. The highest BCUT2D eigenvalue weighted by Gasteiger charge is 2.07. The summed E-state index contributed by atoms with van der Waals surface area (Å²) in [6, 6.07) is 4.89. The Kier molecular flexibility index (Phi) is 4.32. The first-order valence-electron chi connectivity index (χ1n) is 4.45. The Labute approximate surface area is 90.6 Å². The summed E-state index contributed by atoms with van der Waals surface area (Å²) in [5.74, 6) is -0.178. The lowest BCUT2D eigenvalue weighted by molar-refractivity contribution is 0.0697. The molecule has 15 heavy (non-hydrogen) atoms. The zero-order valence-corrected chi connectivity index (χ0v) is 9.49. The van der Waals surface area contributed by atoms with Gasteiger partial charge in [-0.05, 0) is 24.4 Å². The molecule has 0 spiro atoms. The van der Waals surface area contributed by atoms with E-state index in [9.17, 15) is 4.79 Å². The highest BCUT2D eigenvalue weighted by molar-refractivity contribution is 7.47. The van der Waals surface area contributed by atoms with Crippen LogP contribution in [0.4, 0.5) is 0 Å². The quantitative estimate of drug-likeness (QED) is 0.613. The monoisotopic (exact) mass is 224 g/mol. The van der Waals surface area contributed by atoms with Gasteiger partial charge in [0.15, 0.2) is 0 Å². The molecule has 3 nitrogen and oxygen atoms in total. The summed E-state index contributed by atoms with van der Waals surface area (Å²) in [6.45, 7) is 3.64. The van der Waals surface area contributed by atoms with Crippen LogP contribution in [0.1, 0.15) is 10.4 Å². The Bertz CT molecular complexity index is 374. The van der Waals surface area contributed by atoms with E-state index in [0.29, 0.717) is 14.1 Å². The van der Waals surface area contributed by atoms with Crippen molar-refractivity contribution in [3.05, 3.63) is 36.4 Å². The van der Waals surface area contributed by atoms with E-state index in [1.54, 1.807) is 25.3 Å². The van der Waals surface area contributed by atoms with Crippen LogP contribution >= 0.6 is 8.58 Å². The maximum atomic E-state index is 10.8. The minimum Gasteiger partial charge on any atom is -0.496 e. The lowest BCUT2D eigenvalue weighted by atomic mass is 10.2. The third-order valence-electron chi connectivity index (χ3n) is 1.88. The normalized spacial score (nSPS) is 10.5. The van der Waals surface area contributed by atoms with Crippen LogP contribution in [0.25, 0.3) is 0 Å². The van der Waals surface area contributed by atoms with Gasteiger partial charge in [0.05, 0.1) is 12.7 Å². The molecule has 0 heterocycles. The third-order valence-corrected chi connectivity index (χ3v) is 3.15. The van der Waals surface area contributed by atoms with Gasteiger partial charge < -0.3 is 9.84 Å². The van der Waals surface area contributed by atoms with Crippen molar-refractivity contribution < 1.29 is 14.6 Å². The molecule has 1 aromatic rings. The van der Waals surface area contributed by atoms with Gasteiger partial charge in [-0.2, -0.15) is 0 Å². The molecular formula is C11H13O3P. The Morgan fingerprint density at radius 2 is 2.40 bits per heavy atom. The van der Waals surface area contributed by atoms with Crippen LogP contribution in [0.2, 0.25) is 0 Å². The van der Waals surface area contributed by atoms with Crippen LogP contribution in [0.3, 0.4) is 0 Å². The number of hydrogen-bond donors (Lipinski definition) is 1. The Balaban J connectivity index is 3.01. The Morgan fingerprint density at radius 1 is 1.67 bits per heavy atom. The molecular weight excluding hydrogens is 211 g/mol. The number of aromatic carboxylic acids is 1. The summed E-state index contributed by atoms with van der Waals surface area (Å²) in [5, 5.41) is 9.77. The predicted octanol–water partition coefficient (Wildman–Crippen LogP) is 1.88. The van der Waals surface area contributed by atoms with Crippen LogP contribution in [-0.4, -0.2) is 24.3 Å². The third kappa shape index (κ3) is 3.07. The summed E-state index contributed by atoms with van der Waals surface area (Å²) in [5.41, 5.74) is 0.294. The summed E-state index contributed by atoms with van der Waals surface area (Å²) in [4.78, 5) is 10.8. The number of rotatable bonds is 5. The molecule has 0 aliphatic rings. The first kappa shape index (κ1) is 11.7. The molecule has 1 N–H and O–H groups in total. The van der Waals surface area contributed by atoms with Crippen molar-refractivity contribution in [2.24, 2.45) is 0 Å². The Morgan fingerprint density at radius 3 is 2.93 bits per heavy atom. The summed E-state index contributed by atoms with van der Waals surface area (Å²) in [6.07, 6.45) is 2.64. The number of carbonyl (C=O) groups is 1. The molecule has 1 atom stereocenters. The van der Waals surface area contributed by atoms with Gasteiger partial charge in [-0.25, -0.2) is 4.79 Å². The second kappa shape index (κ2) is 5.52. The van der Waals surface area contributed by atoms with Gasteiger partial charge in [-0.1, -0.05) is 14.7 Å². The number of benzene rings is 1. The maximum absolute atomic E-state index is 10.8. The molecule has 0 bridgehead atoms. The van der Waals surface area contributed by atoms with Crippen molar-refractivity contribution in [2.75, 3.05) is 13.3 Å². The SMILES string of the molecule is C=CCPc1cc(C(=O)O)ccc1OC. The predicted molar refractivity (Wildman–Crippen MR) is 63.0 cm³/mol. The van der Waals surface area contributed by atoms with Crippen LogP contribution in [0.5, 0.6) is 5.75 Å². The molecule has 80 valence electrons. The maximum Gasteiger partial charge on any atom is 0.335 e. The van der Waals surface area contributed by atoms with E-state index in [-0.39, 0.29) is 0 Å². The summed E-state index contributed by atoms with van der Waals surface area (Å²) in [7, 11) is 2.07. The number of methoxy groups -OCH3 is 1. The van der Waals surface area contributed by atoms with Crippen molar-refractivity contribution in [3.8, 4) is 5.75 Å². The second-order valence-corrected chi connectivity index (χ2v) is 4.19. The number of ether oxygens (including phenoxy) is 1. The molecule has 1 unspecified atom stereocenters. The van der Waals surface area contributed by atoms with Gasteiger partial charge in [-0.3, -0.25) is 0 Å². The zero-order chi connectivity index (χ0) is 11.3. The first-order valence-corrected chi connectivity index (χ1v) is 5.66. The lowest BCUT2D eigenvalue weighted by Gasteiger charge is -2.08. The van der Waals surface area contributed by atoms with Crippen LogP contribution in [0.15, 0.2) is 30.9 Å². The van der Waals surface area contributed by atoms with E-state index in [1.807, 2.05) is 6.08 Å². The van der Waals surface area contributed by atoms with E-state index >= 15 is 0 Å². The smallest absolute Gasteiger partial charge is 0.335 e. The lowest BCUT2D eigenvalue weighted by Crippen LogP contribution is -2.06. The van der Waals surface area contributed by atoms with Crippen LogP contribution < -0.4 is 10.0 Å². The fraction of sp³-hybridized carbons (Fsp3) is 0.182. The fourth-order valence-electron chi connectivity index (χ4n) is 1.16.